The van der Waals surface area contributed by atoms with Crippen LogP contribution in [0.15, 0.2) is 59.1 Å². The molecule has 4 rings (SSSR count). The van der Waals surface area contributed by atoms with Crippen molar-refractivity contribution in [1.82, 2.24) is 25.9 Å². The number of methoxy groups -OCH3 is 1. The van der Waals surface area contributed by atoms with Gasteiger partial charge in [0.15, 0.2) is 0 Å². The molecule has 3 aromatic rings. The Morgan fingerprint density at radius 1 is 1.15 bits per heavy atom. The predicted molar refractivity (Wildman–Crippen MR) is 117 cm³/mol. The number of nitrogens with zero attached hydrogens (tertiary/aromatic N) is 3. The van der Waals surface area contributed by atoms with Crippen molar-refractivity contribution in [3.8, 4) is 17.1 Å². The molecule has 1 aliphatic rings. The van der Waals surface area contributed by atoms with E-state index in [0.717, 1.165) is 10.6 Å². The molecule has 0 bridgehead atoms. The first kappa shape index (κ1) is 22.0. The molecule has 0 radical (unpaired) electrons. The number of ether oxygens (including phenoxy) is 1. The van der Waals surface area contributed by atoms with Crippen molar-refractivity contribution in [2.24, 2.45) is 0 Å². The van der Waals surface area contributed by atoms with Crippen molar-refractivity contribution in [3.05, 3.63) is 66.1 Å². The molecule has 33 heavy (non-hydrogen) atoms. The molecule has 4 amide bonds. The van der Waals surface area contributed by atoms with E-state index in [1.807, 2.05) is 6.07 Å². The number of aryl methyl sites for hydroxylation is 1. The van der Waals surface area contributed by atoms with Gasteiger partial charge in [-0.2, -0.15) is 9.99 Å². The van der Waals surface area contributed by atoms with E-state index in [0.29, 0.717) is 23.6 Å². The van der Waals surface area contributed by atoms with Gasteiger partial charge < -0.3 is 14.6 Å². The van der Waals surface area contributed by atoms with Gasteiger partial charge >= 0.3 is 6.03 Å². The number of benzene rings is 2. The number of carbonyl (C=O) groups excluding carboxylic acids is 3. The summed E-state index contributed by atoms with van der Waals surface area (Å²) in [6, 6.07) is 15.4. The standard InChI is InChI=1S/C23H23N5O5/c1-3-23(16-7-5-4-6-8-16)21(30)28(22(31)25-23)26-18(29)13-14-19-24-20(27-33-19)15-9-11-17(32-2)12-10-15/h4-12H,3,13-14H2,1-2H3,(H,25,31)(H,26,29). The fourth-order valence-corrected chi connectivity index (χ4v) is 3.65. The maximum absolute atomic E-state index is 13.1. The van der Waals surface area contributed by atoms with E-state index in [1.54, 1.807) is 62.6 Å². The van der Waals surface area contributed by atoms with Crippen molar-refractivity contribution in [3.63, 3.8) is 0 Å². The van der Waals surface area contributed by atoms with E-state index in [-0.39, 0.29) is 18.7 Å². The van der Waals surface area contributed by atoms with Crippen molar-refractivity contribution >= 4 is 17.8 Å². The molecule has 1 aromatic heterocycles. The first-order chi connectivity index (χ1) is 16.0. The molecule has 0 saturated carbocycles. The van der Waals surface area contributed by atoms with Crippen LogP contribution in [0.3, 0.4) is 0 Å². The number of hydrogen-bond acceptors (Lipinski definition) is 7. The second kappa shape index (κ2) is 9.11. The molecular formula is C23H23N5O5. The van der Waals surface area contributed by atoms with E-state index in [1.165, 1.54) is 0 Å². The molecule has 1 fully saturated rings. The van der Waals surface area contributed by atoms with Gasteiger partial charge in [0.1, 0.15) is 11.3 Å². The number of nitrogens with one attached hydrogen (secondary N) is 2. The van der Waals surface area contributed by atoms with Crippen LogP contribution in [0.5, 0.6) is 5.75 Å². The van der Waals surface area contributed by atoms with Gasteiger partial charge in [-0.15, -0.1) is 0 Å². The minimum Gasteiger partial charge on any atom is -0.497 e. The summed E-state index contributed by atoms with van der Waals surface area (Å²) in [5, 5.41) is 7.37. The highest BCUT2D eigenvalue weighted by Gasteiger charge is 2.52. The van der Waals surface area contributed by atoms with Gasteiger partial charge in [0, 0.05) is 18.4 Å². The quantitative estimate of drug-likeness (QED) is 0.506. The molecule has 1 atom stereocenters. The molecule has 10 heteroatoms. The SMILES string of the molecule is CCC1(c2ccccc2)NC(=O)N(NC(=O)CCc2nc(-c3ccc(OC)cc3)no2)C1=O. The molecule has 0 aliphatic carbocycles. The smallest absolute Gasteiger partial charge is 0.344 e. The predicted octanol–water partition coefficient (Wildman–Crippen LogP) is 2.57. The van der Waals surface area contributed by atoms with Crippen LogP contribution in [0.2, 0.25) is 0 Å². The summed E-state index contributed by atoms with van der Waals surface area (Å²) in [6.45, 7) is 1.80. The summed E-state index contributed by atoms with van der Waals surface area (Å²) in [5.74, 6) is 0.300. The number of hydrogen-bond donors (Lipinski definition) is 2. The van der Waals surface area contributed by atoms with Crippen molar-refractivity contribution < 1.29 is 23.6 Å². The summed E-state index contributed by atoms with van der Waals surface area (Å²) in [7, 11) is 1.58. The lowest BCUT2D eigenvalue weighted by molar-refractivity contribution is -0.139. The Kier molecular flexibility index (Phi) is 6.07. The van der Waals surface area contributed by atoms with Crippen LogP contribution < -0.4 is 15.5 Å². The molecule has 1 aliphatic heterocycles. The number of hydrazine groups is 1. The minimum atomic E-state index is -1.22. The van der Waals surface area contributed by atoms with Crippen molar-refractivity contribution in [2.75, 3.05) is 7.11 Å². The monoisotopic (exact) mass is 449 g/mol. The highest BCUT2D eigenvalue weighted by molar-refractivity contribution is 6.08. The van der Waals surface area contributed by atoms with Gasteiger partial charge in [-0.05, 0) is 36.2 Å². The van der Waals surface area contributed by atoms with Crippen LogP contribution in [-0.4, -0.2) is 40.1 Å². The zero-order valence-corrected chi connectivity index (χ0v) is 18.2. The Bertz CT molecular complexity index is 1160. The molecule has 1 unspecified atom stereocenters. The molecule has 2 heterocycles. The number of carbonyl (C=O) groups is 3. The lowest BCUT2D eigenvalue weighted by Crippen LogP contribution is -2.48. The summed E-state index contributed by atoms with van der Waals surface area (Å²) in [4.78, 5) is 42.3. The fraction of sp³-hybridized carbons (Fsp3) is 0.261. The number of aromatic nitrogens is 2. The maximum Gasteiger partial charge on any atom is 0.344 e. The zero-order valence-electron chi connectivity index (χ0n) is 18.2. The second-order valence-corrected chi connectivity index (χ2v) is 7.47. The van der Waals surface area contributed by atoms with E-state index >= 15 is 0 Å². The normalized spacial score (nSPS) is 17.7. The summed E-state index contributed by atoms with van der Waals surface area (Å²) >= 11 is 0. The summed E-state index contributed by atoms with van der Waals surface area (Å²) < 4.78 is 10.3. The highest BCUT2D eigenvalue weighted by atomic mass is 16.5. The Morgan fingerprint density at radius 3 is 2.55 bits per heavy atom. The molecule has 1 saturated heterocycles. The number of urea groups is 1. The van der Waals surface area contributed by atoms with E-state index in [2.05, 4.69) is 20.9 Å². The summed E-state index contributed by atoms with van der Waals surface area (Å²) in [6.07, 6.45) is 0.437. The molecule has 10 nitrogen and oxygen atoms in total. The van der Waals surface area contributed by atoms with E-state index < -0.39 is 23.4 Å². The molecule has 2 N–H and O–H groups in total. The first-order valence-corrected chi connectivity index (χ1v) is 10.5. The largest absolute Gasteiger partial charge is 0.497 e. The third-order valence-electron chi connectivity index (χ3n) is 5.51. The van der Waals surface area contributed by atoms with Crippen LogP contribution in [0.25, 0.3) is 11.4 Å². The van der Waals surface area contributed by atoms with E-state index in [4.69, 9.17) is 9.26 Å². The zero-order chi connectivity index (χ0) is 23.4. The number of imide groups is 1. The van der Waals surface area contributed by atoms with Crippen LogP contribution in [0.4, 0.5) is 4.79 Å². The molecular weight excluding hydrogens is 426 g/mol. The Balaban J connectivity index is 1.38. The van der Waals surface area contributed by atoms with E-state index in [9.17, 15) is 14.4 Å². The maximum atomic E-state index is 13.1. The van der Waals surface area contributed by atoms with Gasteiger partial charge in [0.2, 0.25) is 17.6 Å². The third kappa shape index (κ3) is 4.27. The van der Waals surface area contributed by atoms with Crippen molar-refractivity contribution in [2.45, 2.75) is 31.7 Å². The Labute approximate surface area is 189 Å². The fourth-order valence-electron chi connectivity index (χ4n) is 3.65. The average Bonchev–Trinajstić information content (AvgIpc) is 3.42. The topological polar surface area (TPSA) is 127 Å². The molecule has 170 valence electrons. The summed E-state index contributed by atoms with van der Waals surface area (Å²) in [5.41, 5.74) is 2.57. The molecule has 2 aromatic carbocycles. The number of amides is 4. The second-order valence-electron chi connectivity index (χ2n) is 7.47. The minimum absolute atomic E-state index is 0.0498. The highest BCUT2D eigenvalue weighted by Crippen LogP contribution is 2.31. The van der Waals surface area contributed by atoms with Crippen LogP contribution in [-0.2, 0) is 21.5 Å². The van der Waals surface area contributed by atoms with Gasteiger partial charge in [-0.3, -0.25) is 15.0 Å². The van der Waals surface area contributed by atoms with Crippen molar-refractivity contribution in [1.29, 1.82) is 0 Å². The lowest BCUT2D eigenvalue weighted by Gasteiger charge is -2.25. The first-order valence-electron chi connectivity index (χ1n) is 10.5. The third-order valence-corrected chi connectivity index (χ3v) is 5.51. The molecule has 0 spiro atoms. The Hall–Kier alpha value is -4.21. The van der Waals surface area contributed by atoms with Gasteiger partial charge in [-0.1, -0.05) is 42.4 Å². The van der Waals surface area contributed by atoms with Gasteiger partial charge in [0.25, 0.3) is 5.91 Å². The van der Waals surface area contributed by atoms with Crippen LogP contribution >= 0.6 is 0 Å². The van der Waals surface area contributed by atoms with Gasteiger partial charge in [-0.25, -0.2) is 4.79 Å². The number of rotatable bonds is 8. The van der Waals surface area contributed by atoms with Crippen LogP contribution in [0.1, 0.15) is 31.2 Å². The van der Waals surface area contributed by atoms with Crippen LogP contribution in [0, 0.1) is 0 Å². The van der Waals surface area contributed by atoms with Gasteiger partial charge in [0.05, 0.1) is 7.11 Å². The average molecular weight is 449 g/mol. The lowest BCUT2D eigenvalue weighted by atomic mass is 9.87. The Morgan fingerprint density at radius 2 is 1.88 bits per heavy atom.